The highest BCUT2D eigenvalue weighted by atomic mass is 16.4. The van der Waals surface area contributed by atoms with Crippen LogP contribution < -0.4 is 11.1 Å². The van der Waals surface area contributed by atoms with Gasteiger partial charge in [-0.1, -0.05) is 26.2 Å². The maximum Gasteiger partial charge on any atom is 0.295 e. The van der Waals surface area contributed by atoms with E-state index < -0.39 is 0 Å². The molecule has 0 amide bonds. The average Bonchev–Trinajstić information content (AvgIpc) is 2.79. The summed E-state index contributed by atoms with van der Waals surface area (Å²) in [5.74, 6) is 0. The van der Waals surface area contributed by atoms with Gasteiger partial charge in [0.2, 0.25) is 0 Å². The molecule has 1 heterocycles. The summed E-state index contributed by atoms with van der Waals surface area (Å²) in [5.41, 5.74) is 8.41. The van der Waals surface area contributed by atoms with Crippen molar-refractivity contribution in [2.45, 2.75) is 39.0 Å². The topological polar surface area (TPSA) is 64.1 Å². The highest BCUT2D eigenvalue weighted by Crippen LogP contribution is 2.35. The second-order valence-corrected chi connectivity index (χ2v) is 5.97. The lowest BCUT2D eigenvalue weighted by molar-refractivity contribution is 0.232. The van der Waals surface area contributed by atoms with E-state index in [0.717, 1.165) is 17.6 Å². The Balaban J connectivity index is 1.71. The molecule has 1 aromatic heterocycles. The Bertz CT molecular complexity index is 570. The second-order valence-electron chi connectivity index (χ2n) is 5.97. The van der Waals surface area contributed by atoms with E-state index in [-0.39, 0.29) is 0 Å². The quantitative estimate of drug-likeness (QED) is 0.823. The van der Waals surface area contributed by atoms with E-state index in [9.17, 15) is 0 Å². The standard InChI is InChI=1S/C15H21N3O/c1-15(7-3-2-4-8-15)10-17-14-18-12-6-5-11(16)9-13(12)19-14/h5-6,9H,2-4,7-8,10,16H2,1H3,(H,17,18). The van der Waals surface area contributed by atoms with Gasteiger partial charge in [-0.15, -0.1) is 0 Å². The number of hydrogen-bond donors (Lipinski definition) is 2. The summed E-state index contributed by atoms with van der Waals surface area (Å²) in [7, 11) is 0. The molecule has 0 radical (unpaired) electrons. The summed E-state index contributed by atoms with van der Waals surface area (Å²) in [5, 5.41) is 3.35. The number of rotatable bonds is 3. The first kappa shape index (κ1) is 12.3. The number of nitrogens with two attached hydrogens (primary N) is 1. The van der Waals surface area contributed by atoms with Crippen LogP contribution in [0.15, 0.2) is 22.6 Å². The number of aromatic nitrogens is 1. The molecule has 0 atom stereocenters. The Kier molecular flexibility index (Phi) is 3.09. The predicted octanol–water partition coefficient (Wildman–Crippen LogP) is 3.79. The van der Waals surface area contributed by atoms with Crippen molar-refractivity contribution < 1.29 is 4.42 Å². The van der Waals surface area contributed by atoms with Crippen LogP contribution >= 0.6 is 0 Å². The molecule has 3 rings (SSSR count). The van der Waals surface area contributed by atoms with Gasteiger partial charge >= 0.3 is 0 Å². The van der Waals surface area contributed by atoms with Crippen LogP contribution in [0.5, 0.6) is 0 Å². The lowest BCUT2D eigenvalue weighted by atomic mass is 9.76. The fraction of sp³-hybridized carbons (Fsp3) is 0.533. The molecule has 0 unspecified atom stereocenters. The molecular formula is C15H21N3O. The van der Waals surface area contributed by atoms with Crippen LogP contribution in [0.1, 0.15) is 39.0 Å². The summed E-state index contributed by atoms with van der Waals surface area (Å²) in [6.07, 6.45) is 6.61. The number of nitrogen functional groups attached to an aromatic ring is 1. The zero-order valence-electron chi connectivity index (χ0n) is 11.4. The molecule has 1 fully saturated rings. The number of nitrogens with zero attached hydrogens (tertiary/aromatic N) is 1. The smallest absolute Gasteiger partial charge is 0.295 e. The number of benzene rings is 1. The molecule has 0 spiro atoms. The molecule has 0 saturated heterocycles. The number of hydrogen-bond acceptors (Lipinski definition) is 4. The van der Waals surface area contributed by atoms with Crippen LogP contribution in [-0.4, -0.2) is 11.5 Å². The van der Waals surface area contributed by atoms with E-state index in [4.69, 9.17) is 10.2 Å². The lowest BCUT2D eigenvalue weighted by Gasteiger charge is -2.33. The minimum absolute atomic E-state index is 0.373. The van der Waals surface area contributed by atoms with Crippen molar-refractivity contribution in [2.24, 2.45) is 5.41 Å². The Labute approximate surface area is 113 Å². The highest BCUT2D eigenvalue weighted by molar-refractivity contribution is 5.78. The second kappa shape index (κ2) is 4.76. The molecule has 0 bridgehead atoms. The van der Waals surface area contributed by atoms with Crippen molar-refractivity contribution in [2.75, 3.05) is 17.6 Å². The van der Waals surface area contributed by atoms with Gasteiger partial charge in [0.15, 0.2) is 5.58 Å². The monoisotopic (exact) mass is 259 g/mol. The number of nitrogens with one attached hydrogen (secondary N) is 1. The third kappa shape index (κ3) is 2.67. The molecule has 2 aromatic rings. The first-order chi connectivity index (χ1) is 9.15. The van der Waals surface area contributed by atoms with Crippen LogP contribution in [0, 0.1) is 5.41 Å². The molecule has 102 valence electrons. The predicted molar refractivity (Wildman–Crippen MR) is 78.1 cm³/mol. The van der Waals surface area contributed by atoms with E-state index in [2.05, 4.69) is 17.2 Å². The third-order valence-electron chi connectivity index (χ3n) is 4.14. The summed E-state index contributed by atoms with van der Waals surface area (Å²) in [4.78, 5) is 4.44. The van der Waals surface area contributed by atoms with Gasteiger partial charge < -0.3 is 15.5 Å². The summed E-state index contributed by atoms with van der Waals surface area (Å²) >= 11 is 0. The summed E-state index contributed by atoms with van der Waals surface area (Å²) in [6.45, 7) is 3.27. The van der Waals surface area contributed by atoms with Crippen molar-refractivity contribution >= 4 is 22.8 Å². The van der Waals surface area contributed by atoms with Gasteiger partial charge in [0.05, 0.1) is 0 Å². The fourth-order valence-electron chi connectivity index (χ4n) is 2.89. The van der Waals surface area contributed by atoms with Gasteiger partial charge in [-0.05, 0) is 30.4 Å². The minimum atomic E-state index is 0.373. The normalized spacial score (nSPS) is 18.6. The van der Waals surface area contributed by atoms with Gasteiger partial charge in [-0.3, -0.25) is 0 Å². The lowest BCUT2D eigenvalue weighted by Crippen LogP contribution is -2.28. The number of anilines is 2. The molecule has 4 heteroatoms. The maximum atomic E-state index is 5.74. The van der Waals surface area contributed by atoms with Gasteiger partial charge in [-0.2, -0.15) is 4.98 Å². The Hall–Kier alpha value is -1.71. The number of fused-ring (bicyclic) bond motifs is 1. The van der Waals surface area contributed by atoms with Gasteiger partial charge in [0.25, 0.3) is 6.01 Å². The number of oxazole rings is 1. The van der Waals surface area contributed by atoms with Crippen LogP contribution in [0.25, 0.3) is 11.1 Å². The van der Waals surface area contributed by atoms with Crippen LogP contribution in [-0.2, 0) is 0 Å². The molecule has 1 aliphatic rings. The van der Waals surface area contributed by atoms with Crippen molar-refractivity contribution in [1.29, 1.82) is 0 Å². The Morgan fingerprint density at radius 2 is 2.11 bits per heavy atom. The van der Waals surface area contributed by atoms with Crippen molar-refractivity contribution in [3.8, 4) is 0 Å². The van der Waals surface area contributed by atoms with E-state index in [1.165, 1.54) is 32.1 Å². The zero-order chi connectivity index (χ0) is 13.3. The zero-order valence-corrected chi connectivity index (χ0v) is 11.4. The van der Waals surface area contributed by atoms with Crippen LogP contribution in [0.4, 0.5) is 11.7 Å². The summed E-state index contributed by atoms with van der Waals surface area (Å²) < 4.78 is 5.68. The molecular weight excluding hydrogens is 238 g/mol. The SMILES string of the molecule is CC1(CNc2nc3ccc(N)cc3o2)CCCCC1. The summed E-state index contributed by atoms with van der Waals surface area (Å²) in [6, 6.07) is 6.15. The third-order valence-corrected chi connectivity index (χ3v) is 4.14. The molecule has 4 nitrogen and oxygen atoms in total. The Morgan fingerprint density at radius 3 is 2.89 bits per heavy atom. The van der Waals surface area contributed by atoms with Crippen molar-refractivity contribution in [1.82, 2.24) is 4.98 Å². The van der Waals surface area contributed by atoms with E-state index in [1.807, 2.05) is 18.2 Å². The van der Waals surface area contributed by atoms with E-state index in [0.29, 0.717) is 17.1 Å². The molecule has 1 aliphatic carbocycles. The van der Waals surface area contributed by atoms with Crippen LogP contribution in [0.2, 0.25) is 0 Å². The molecule has 0 aliphatic heterocycles. The van der Waals surface area contributed by atoms with Gasteiger partial charge in [-0.25, -0.2) is 0 Å². The van der Waals surface area contributed by atoms with Crippen LogP contribution in [0.3, 0.4) is 0 Å². The largest absolute Gasteiger partial charge is 0.423 e. The van der Waals surface area contributed by atoms with Gasteiger partial charge in [0, 0.05) is 18.3 Å². The molecule has 1 aromatic carbocycles. The Morgan fingerprint density at radius 1 is 1.32 bits per heavy atom. The first-order valence-electron chi connectivity index (χ1n) is 7.05. The molecule has 1 saturated carbocycles. The van der Waals surface area contributed by atoms with Crippen molar-refractivity contribution in [3.63, 3.8) is 0 Å². The maximum absolute atomic E-state index is 5.74. The highest BCUT2D eigenvalue weighted by Gasteiger charge is 2.26. The van der Waals surface area contributed by atoms with E-state index >= 15 is 0 Å². The van der Waals surface area contributed by atoms with Crippen molar-refractivity contribution in [3.05, 3.63) is 18.2 Å². The van der Waals surface area contributed by atoms with Gasteiger partial charge in [0.1, 0.15) is 5.52 Å². The van der Waals surface area contributed by atoms with E-state index in [1.54, 1.807) is 0 Å². The fourth-order valence-corrected chi connectivity index (χ4v) is 2.89. The first-order valence-corrected chi connectivity index (χ1v) is 7.05. The minimum Gasteiger partial charge on any atom is -0.423 e. The molecule has 19 heavy (non-hydrogen) atoms. The molecule has 3 N–H and O–H groups in total. The average molecular weight is 259 g/mol.